The average molecular weight is 273 g/mol. The van der Waals surface area contributed by atoms with Crippen molar-refractivity contribution in [2.75, 3.05) is 0 Å². The molecule has 2 aromatic rings. The van der Waals surface area contributed by atoms with E-state index in [1.165, 1.54) is 20.9 Å². The highest BCUT2D eigenvalue weighted by molar-refractivity contribution is 7.11. The normalized spacial score (nSPS) is 12.6. The maximum atomic E-state index is 3.66. The summed E-state index contributed by atoms with van der Waals surface area (Å²) in [4.78, 5) is 2.80. The molecule has 1 heterocycles. The van der Waals surface area contributed by atoms with Gasteiger partial charge in [0, 0.05) is 22.3 Å². The third-order valence-electron chi connectivity index (χ3n) is 3.52. The first-order valence-electron chi connectivity index (χ1n) is 7.10. The first kappa shape index (κ1) is 14.3. The number of hydrogen-bond acceptors (Lipinski definition) is 2. The minimum Gasteiger partial charge on any atom is -0.305 e. The second kappa shape index (κ2) is 6.88. The molecule has 1 atom stereocenters. The van der Waals surface area contributed by atoms with E-state index in [-0.39, 0.29) is 0 Å². The van der Waals surface area contributed by atoms with Crippen LogP contribution in [0.4, 0.5) is 0 Å². The van der Waals surface area contributed by atoms with Crippen molar-refractivity contribution in [3.63, 3.8) is 0 Å². The highest BCUT2D eigenvalue weighted by Gasteiger charge is 2.09. The summed E-state index contributed by atoms with van der Waals surface area (Å²) in [5.74, 6) is 0. The van der Waals surface area contributed by atoms with Crippen LogP contribution >= 0.6 is 11.3 Å². The van der Waals surface area contributed by atoms with Crippen LogP contribution in [0.2, 0.25) is 0 Å². The van der Waals surface area contributed by atoms with E-state index in [1.54, 1.807) is 0 Å². The van der Waals surface area contributed by atoms with E-state index >= 15 is 0 Å². The topological polar surface area (TPSA) is 12.0 Å². The molecule has 0 fully saturated rings. The maximum Gasteiger partial charge on any atom is 0.0320 e. The average Bonchev–Trinajstić information content (AvgIpc) is 2.86. The molecule has 2 rings (SSSR count). The molecular formula is C17H23NS. The molecule has 0 aliphatic carbocycles. The molecule has 1 nitrogen and oxygen atoms in total. The summed E-state index contributed by atoms with van der Waals surface area (Å²) in [6.45, 7) is 7.57. The van der Waals surface area contributed by atoms with Crippen molar-refractivity contribution in [3.8, 4) is 0 Å². The lowest BCUT2D eigenvalue weighted by atomic mass is 10.0. The van der Waals surface area contributed by atoms with Gasteiger partial charge in [-0.05, 0) is 43.0 Å². The highest BCUT2D eigenvalue weighted by Crippen LogP contribution is 2.20. The number of rotatable bonds is 6. The van der Waals surface area contributed by atoms with Crippen molar-refractivity contribution >= 4 is 11.3 Å². The standard InChI is InChI=1S/C17H23NS/c1-4-14-7-9-15(10-8-14)17(5-2)18-12-16-11-6-13(3)19-16/h6-11,17-18H,4-5,12H2,1-3H3. The van der Waals surface area contributed by atoms with Gasteiger partial charge in [-0.2, -0.15) is 0 Å². The van der Waals surface area contributed by atoms with Gasteiger partial charge in [-0.25, -0.2) is 0 Å². The van der Waals surface area contributed by atoms with Crippen LogP contribution in [0.5, 0.6) is 0 Å². The summed E-state index contributed by atoms with van der Waals surface area (Å²) in [5.41, 5.74) is 2.81. The van der Waals surface area contributed by atoms with Crippen LogP contribution in [0.1, 0.15) is 47.2 Å². The molecule has 1 N–H and O–H groups in total. The van der Waals surface area contributed by atoms with Crippen molar-refractivity contribution in [2.45, 2.75) is 46.2 Å². The van der Waals surface area contributed by atoms with Crippen LogP contribution in [0.25, 0.3) is 0 Å². The summed E-state index contributed by atoms with van der Waals surface area (Å²) in [6, 6.07) is 13.9. The highest BCUT2D eigenvalue weighted by atomic mass is 32.1. The molecule has 0 saturated carbocycles. The van der Waals surface area contributed by atoms with Crippen molar-refractivity contribution in [2.24, 2.45) is 0 Å². The Hall–Kier alpha value is -1.12. The van der Waals surface area contributed by atoms with E-state index in [0.29, 0.717) is 6.04 Å². The Bertz CT molecular complexity index is 498. The zero-order valence-corrected chi connectivity index (χ0v) is 12.9. The Morgan fingerprint density at radius 1 is 1.05 bits per heavy atom. The number of hydrogen-bond donors (Lipinski definition) is 1. The fourth-order valence-electron chi connectivity index (χ4n) is 2.29. The van der Waals surface area contributed by atoms with Crippen LogP contribution < -0.4 is 5.32 Å². The number of thiophene rings is 1. The Morgan fingerprint density at radius 2 is 1.79 bits per heavy atom. The molecule has 102 valence electrons. The van der Waals surface area contributed by atoms with E-state index in [9.17, 15) is 0 Å². The Kier molecular flexibility index (Phi) is 5.17. The second-order valence-corrected chi connectivity index (χ2v) is 6.32. The SMILES string of the molecule is CCc1ccc(C(CC)NCc2ccc(C)s2)cc1. The largest absolute Gasteiger partial charge is 0.305 e. The molecule has 0 bridgehead atoms. The number of aryl methyl sites for hydroxylation is 2. The van der Waals surface area contributed by atoms with Gasteiger partial charge in [0.05, 0.1) is 0 Å². The molecule has 0 spiro atoms. The Labute approximate surface area is 120 Å². The Balaban J connectivity index is 1.98. The predicted octanol–water partition coefficient (Wildman–Crippen LogP) is 4.86. The van der Waals surface area contributed by atoms with Crippen molar-refractivity contribution in [3.05, 3.63) is 57.3 Å². The van der Waals surface area contributed by atoms with E-state index in [2.05, 4.69) is 62.5 Å². The minimum absolute atomic E-state index is 0.452. The van der Waals surface area contributed by atoms with E-state index < -0.39 is 0 Å². The van der Waals surface area contributed by atoms with Crippen LogP contribution in [-0.4, -0.2) is 0 Å². The van der Waals surface area contributed by atoms with Gasteiger partial charge in [0.15, 0.2) is 0 Å². The smallest absolute Gasteiger partial charge is 0.0320 e. The summed E-state index contributed by atoms with van der Waals surface area (Å²) >= 11 is 1.88. The summed E-state index contributed by atoms with van der Waals surface area (Å²) in [7, 11) is 0. The van der Waals surface area contributed by atoms with Crippen molar-refractivity contribution in [1.29, 1.82) is 0 Å². The van der Waals surface area contributed by atoms with E-state index in [0.717, 1.165) is 19.4 Å². The molecule has 0 aliphatic rings. The molecule has 19 heavy (non-hydrogen) atoms. The molecule has 0 radical (unpaired) electrons. The van der Waals surface area contributed by atoms with E-state index in [1.807, 2.05) is 11.3 Å². The number of nitrogens with one attached hydrogen (secondary N) is 1. The van der Waals surface area contributed by atoms with Crippen molar-refractivity contribution in [1.82, 2.24) is 5.32 Å². The quantitative estimate of drug-likeness (QED) is 0.792. The molecule has 0 amide bonds. The zero-order chi connectivity index (χ0) is 13.7. The first-order valence-corrected chi connectivity index (χ1v) is 7.92. The van der Waals surface area contributed by atoms with E-state index in [4.69, 9.17) is 0 Å². The first-order chi connectivity index (χ1) is 9.22. The Morgan fingerprint density at radius 3 is 2.32 bits per heavy atom. The minimum atomic E-state index is 0.452. The molecular weight excluding hydrogens is 250 g/mol. The molecule has 0 saturated heterocycles. The lowest BCUT2D eigenvalue weighted by molar-refractivity contribution is 0.522. The van der Waals surface area contributed by atoms with Crippen LogP contribution in [0.15, 0.2) is 36.4 Å². The lowest BCUT2D eigenvalue weighted by Crippen LogP contribution is -2.19. The molecule has 1 unspecified atom stereocenters. The molecule has 0 aliphatic heterocycles. The van der Waals surface area contributed by atoms with Crippen LogP contribution in [-0.2, 0) is 13.0 Å². The lowest BCUT2D eigenvalue weighted by Gasteiger charge is -2.17. The fraction of sp³-hybridized carbons (Fsp3) is 0.412. The van der Waals surface area contributed by atoms with Crippen molar-refractivity contribution < 1.29 is 0 Å². The number of benzene rings is 1. The zero-order valence-electron chi connectivity index (χ0n) is 12.1. The molecule has 1 aromatic heterocycles. The van der Waals surface area contributed by atoms with Gasteiger partial charge in [0.25, 0.3) is 0 Å². The van der Waals surface area contributed by atoms with Gasteiger partial charge in [0.2, 0.25) is 0 Å². The fourth-order valence-corrected chi connectivity index (χ4v) is 3.13. The third kappa shape index (κ3) is 3.92. The monoisotopic (exact) mass is 273 g/mol. The maximum absolute atomic E-state index is 3.66. The summed E-state index contributed by atoms with van der Waals surface area (Å²) in [5, 5.41) is 3.66. The summed E-state index contributed by atoms with van der Waals surface area (Å²) in [6.07, 6.45) is 2.23. The van der Waals surface area contributed by atoms with Gasteiger partial charge in [-0.15, -0.1) is 11.3 Å². The predicted molar refractivity (Wildman–Crippen MR) is 84.7 cm³/mol. The van der Waals surface area contributed by atoms with Crippen LogP contribution in [0, 0.1) is 6.92 Å². The van der Waals surface area contributed by atoms with Gasteiger partial charge in [0.1, 0.15) is 0 Å². The molecule has 1 aromatic carbocycles. The van der Waals surface area contributed by atoms with Gasteiger partial charge in [-0.1, -0.05) is 38.1 Å². The third-order valence-corrected chi connectivity index (χ3v) is 4.52. The second-order valence-electron chi connectivity index (χ2n) is 4.95. The summed E-state index contributed by atoms with van der Waals surface area (Å²) < 4.78 is 0. The van der Waals surface area contributed by atoms with Crippen LogP contribution in [0.3, 0.4) is 0 Å². The van der Waals surface area contributed by atoms with Gasteiger partial charge < -0.3 is 5.32 Å². The molecule has 2 heteroatoms. The van der Waals surface area contributed by atoms with Gasteiger partial charge >= 0.3 is 0 Å². The van der Waals surface area contributed by atoms with Gasteiger partial charge in [-0.3, -0.25) is 0 Å².